The molecule has 1 aliphatic heterocycles. The minimum atomic E-state index is -1.14. The Bertz CT molecular complexity index is 453. The van der Waals surface area contributed by atoms with Crippen LogP contribution in [-0.4, -0.2) is 33.7 Å². The summed E-state index contributed by atoms with van der Waals surface area (Å²) in [4.78, 5) is 0. The lowest BCUT2D eigenvalue weighted by atomic mass is 9.89. The zero-order chi connectivity index (χ0) is 15.1. The highest BCUT2D eigenvalue weighted by molar-refractivity contribution is 5.57. The van der Waals surface area contributed by atoms with E-state index in [0.717, 1.165) is 31.5 Å². The van der Waals surface area contributed by atoms with Crippen LogP contribution in [0.25, 0.3) is 0 Å². The molecule has 1 N–H and O–H groups in total. The lowest BCUT2D eigenvalue weighted by molar-refractivity contribution is 0.138. The Balaban J connectivity index is 2.40. The zero-order valence-corrected chi connectivity index (χ0v) is 11.5. The average Bonchev–Trinajstić information content (AvgIpc) is 2.52. The van der Waals surface area contributed by atoms with Crippen molar-refractivity contribution in [2.75, 3.05) is 33.7 Å². The monoisotopic (exact) mass is 305 g/mol. The molecule has 2 rings (SSSR count). The number of benzene rings is 1. The van der Waals surface area contributed by atoms with Crippen LogP contribution in [0.4, 0.5) is 13.2 Å². The first kappa shape index (κ1) is 15.8. The first-order chi connectivity index (χ1) is 10.3. The van der Waals surface area contributed by atoms with Gasteiger partial charge in [-0.15, -0.1) is 0 Å². The molecule has 7 heteroatoms. The minimum Gasteiger partial charge on any atom is -0.459 e. The highest BCUT2D eigenvalue weighted by Gasteiger charge is 2.25. The van der Waals surface area contributed by atoms with E-state index in [1.165, 1.54) is 6.07 Å². The molecule has 0 unspecified atom stereocenters. The van der Waals surface area contributed by atoms with E-state index >= 15 is 0 Å². The van der Waals surface area contributed by atoms with Gasteiger partial charge in [0.15, 0.2) is 11.5 Å². The van der Waals surface area contributed by atoms with Crippen LogP contribution >= 0.6 is 0 Å². The predicted molar refractivity (Wildman–Crippen MR) is 71.1 cm³/mol. The molecule has 1 fully saturated rings. The smallest absolute Gasteiger partial charge is 0.229 e. The van der Waals surface area contributed by atoms with Gasteiger partial charge in [-0.2, -0.15) is 0 Å². The predicted octanol–water partition coefficient (Wildman–Crippen LogP) is 3.07. The van der Waals surface area contributed by atoms with E-state index in [1.807, 2.05) is 0 Å². The molecular formula is C14H18F3NO3. The highest BCUT2D eigenvalue weighted by Crippen LogP contribution is 2.45. The second-order valence-electron chi connectivity index (χ2n) is 4.60. The Kier molecular flexibility index (Phi) is 5.98. The summed E-state index contributed by atoms with van der Waals surface area (Å²) in [6.07, 6.45) is 1.70. The summed E-state index contributed by atoms with van der Waals surface area (Å²) in [5, 5.41) is 3.23. The summed E-state index contributed by atoms with van der Waals surface area (Å²) in [6.45, 7) is -1.64. The van der Waals surface area contributed by atoms with Gasteiger partial charge in [0.05, 0.1) is 0 Å². The molecule has 1 heterocycles. The number of ether oxygens (including phenoxy) is 3. The van der Waals surface area contributed by atoms with Crippen LogP contribution in [0, 0.1) is 0 Å². The van der Waals surface area contributed by atoms with Gasteiger partial charge in [0.25, 0.3) is 0 Å². The molecule has 0 saturated carbocycles. The molecule has 21 heavy (non-hydrogen) atoms. The molecule has 0 bridgehead atoms. The number of alkyl halides is 3. The van der Waals surface area contributed by atoms with Crippen molar-refractivity contribution < 1.29 is 27.4 Å². The topological polar surface area (TPSA) is 39.7 Å². The molecule has 1 aromatic carbocycles. The largest absolute Gasteiger partial charge is 0.459 e. The van der Waals surface area contributed by atoms with Gasteiger partial charge in [-0.1, -0.05) is 6.07 Å². The average molecular weight is 305 g/mol. The maximum absolute atomic E-state index is 12.7. The fourth-order valence-electron chi connectivity index (χ4n) is 2.58. The van der Waals surface area contributed by atoms with Crippen molar-refractivity contribution in [3.8, 4) is 17.2 Å². The SMILES string of the molecule is FCOc1ccc(C2CCNCC2)c(OCF)c1OCF. The molecule has 118 valence electrons. The fraction of sp³-hybridized carbons (Fsp3) is 0.571. The second-order valence-corrected chi connectivity index (χ2v) is 4.60. The molecule has 1 aromatic rings. The van der Waals surface area contributed by atoms with Gasteiger partial charge < -0.3 is 19.5 Å². The van der Waals surface area contributed by atoms with E-state index in [1.54, 1.807) is 6.07 Å². The number of hydrogen-bond donors (Lipinski definition) is 1. The number of piperidine rings is 1. The van der Waals surface area contributed by atoms with E-state index < -0.39 is 20.6 Å². The number of halogens is 3. The molecule has 0 atom stereocenters. The lowest BCUT2D eigenvalue weighted by Crippen LogP contribution is -2.27. The number of rotatable bonds is 7. The van der Waals surface area contributed by atoms with E-state index in [0.29, 0.717) is 0 Å². The van der Waals surface area contributed by atoms with Crippen molar-refractivity contribution in [2.45, 2.75) is 18.8 Å². The van der Waals surface area contributed by atoms with Crippen molar-refractivity contribution in [3.05, 3.63) is 17.7 Å². The Morgan fingerprint density at radius 2 is 1.52 bits per heavy atom. The summed E-state index contributed by atoms with van der Waals surface area (Å²) in [7, 11) is 0. The first-order valence-corrected chi connectivity index (χ1v) is 6.75. The summed E-state index contributed by atoms with van der Waals surface area (Å²) < 4.78 is 52.2. The summed E-state index contributed by atoms with van der Waals surface area (Å²) >= 11 is 0. The number of nitrogens with one attached hydrogen (secondary N) is 1. The van der Waals surface area contributed by atoms with E-state index in [2.05, 4.69) is 5.32 Å². The van der Waals surface area contributed by atoms with Crippen molar-refractivity contribution >= 4 is 0 Å². The Morgan fingerprint density at radius 1 is 0.905 bits per heavy atom. The maximum atomic E-state index is 12.7. The molecule has 0 aliphatic carbocycles. The third-order valence-corrected chi connectivity index (χ3v) is 3.49. The van der Waals surface area contributed by atoms with Crippen molar-refractivity contribution in [1.29, 1.82) is 0 Å². The molecular weight excluding hydrogens is 287 g/mol. The van der Waals surface area contributed by atoms with Crippen LogP contribution in [0.3, 0.4) is 0 Å². The minimum absolute atomic E-state index is 0.00344. The molecule has 0 aromatic heterocycles. The van der Waals surface area contributed by atoms with Crippen LogP contribution in [0.5, 0.6) is 17.2 Å². The Hall–Kier alpha value is -1.63. The lowest BCUT2D eigenvalue weighted by Gasteiger charge is -2.26. The summed E-state index contributed by atoms with van der Waals surface area (Å²) in [5.41, 5.74) is 0.726. The second kappa shape index (κ2) is 7.97. The Labute approximate surface area is 121 Å². The van der Waals surface area contributed by atoms with Gasteiger partial charge in [-0.25, -0.2) is 13.2 Å². The fourth-order valence-corrected chi connectivity index (χ4v) is 2.58. The highest BCUT2D eigenvalue weighted by atomic mass is 19.1. The molecule has 4 nitrogen and oxygen atoms in total. The quantitative estimate of drug-likeness (QED) is 0.840. The molecule has 0 amide bonds. The van der Waals surface area contributed by atoms with Crippen LogP contribution in [-0.2, 0) is 0 Å². The molecule has 1 saturated heterocycles. The van der Waals surface area contributed by atoms with Crippen LogP contribution in [0.1, 0.15) is 24.3 Å². The van der Waals surface area contributed by atoms with Crippen LogP contribution in [0.2, 0.25) is 0 Å². The normalized spacial score (nSPS) is 15.8. The third kappa shape index (κ3) is 3.72. The Morgan fingerprint density at radius 3 is 2.14 bits per heavy atom. The molecule has 0 spiro atoms. The van der Waals surface area contributed by atoms with E-state index in [-0.39, 0.29) is 23.2 Å². The standard InChI is InChI=1S/C14H18F3NO3/c15-7-19-12-2-1-11(10-3-5-18-6-4-10)13(20-8-16)14(12)21-9-17/h1-2,10,18H,3-9H2. The van der Waals surface area contributed by atoms with Crippen LogP contribution < -0.4 is 19.5 Å². The van der Waals surface area contributed by atoms with Gasteiger partial charge in [0.2, 0.25) is 26.3 Å². The maximum Gasteiger partial charge on any atom is 0.229 e. The van der Waals surface area contributed by atoms with Crippen molar-refractivity contribution in [2.24, 2.45) is 0 Å². The van der Waals surface area contributed by atoms with E-state index in [9.17, 15) is 13.2 Å². The van der Waals surface area contributed by atoms with Crippen LogP contribution in [0.15, 0.2) is 12.1 Å². The zero-order valence-electron chi connectivity index (χ0n) is 11.5. The van der Waals surface area contributed by atoms with Gasteiger partial charge in [-0.05, 0) is 37.9 Å². The van der Waals surface area contributed by atoms with Gasteiger partial charge in [0, 0.05) is 5.56 Å². The third-order valence-electron chi connectivity index (χ3n) is 3.49. The first-order valence-electron chi connectivity index (χ1n) is 6.75. The summed E-state index contributed by atoms with van der Waals surface area (Å²) in [5.74, 6) is 0.141. The van der Waals surface area contributed by atoms with Crippen molar-refractivity contribution in [3.63, 3.8) is 0 Å². The summed E-state index contributed by atoms with van der Waals surface area (Å²) in [6, 6.07) is 3.18. The molecule has 0 radical (unpaired) electrons. The number of hydrogen-bond acceptors (Lipinski definition) is 4. The van der Waals surface area contributed by atoms with Gasteiger partial charge >= 0.3 is 0 Å². The van der Waals surface area contributed by atoms with Gasteiger partial charge in [-0.3, -0.25) is 0 Å². The molecule has 1 aliphatic rings. The van der Waals surface area contributed by atoms with Gasteiger partial charge in [0.1, 0.15) is 0 Å². The van der Waals surface area contributed by atoms with E-state index in [4.69, 9.17) is 14.2 Å². The van der Waals surface area contributed by atoms with Crippen molar-refractivity contribution in [1.82, 2.24) is 5.32 Å².